The van der Waals surface area contributed by atoms with Gasteiger partial charge in [0.2, 0.25) is 11.8 Å². The van der Waals surface area contributed by atoms with E-state index in [1.54, 1.807) is 33.5 Å². The normalized spacial score (nSPS) is 18.8. The third kappa shape index (κ3) is 5.18. The van der Waals surface area contributed by atoms with Crippen molar-refractivity contribution in [2.45, 2.75) is 44.6 Å². The molecule has 2 aromatic rings. The van der Waals surface area contributed by atoms with Crippen LogP contribution in [0.2, 0.25) is 5.02 Å². The quantitative estimate of drug-likeness (QED) is 0.680. The fourth-order valence-electron chi connectivity index (χ4n) is 4.55. The van der Waals surface area contributed by atoms with Crippen LogP contribution in [0.4, 0.5) is 15.2 Å². The molecule has 1 aromatic carbocycles. The van der Waals surface area contributed by atoms with Crippen LogP contribution < -0.4 is 10.2 Å². The fourth-order valence-corrected chi connectivity index (χ4v) is 5.25. The molecule has 9 heteroatoms. The Balaban J connectivity index is 1.49. The summed E-state index contributed by atoms with van der Waals surface area (Å²) in [7, 11) is 0. The van der Waals surface area contributed by atoms with Crippen LogP contribution >= 0.6 is 22.9 Å². The van der Waals surface area contributed by atoms with Crippen molar-refractivity contribution in [2.75, 3.05) is 29.9 Å². The van der Waals surface area contributed by atoms with E-state index in [2.05, 4.69) is 10.3 Å². The van der Waals surface area contributed by atoms with Gasteiger partial charge in [-0.25, -0.2) is 9.37 Å². The second-order valence-electron chi connectivity index (χ2n) is 8.16. The van der Waals surface area contributed by atoms with Gasteiger partial charge in [0.15, 0.2) is 10.9 Å². The van der Waals surface area contributed by atoms with Crippen molar-refractivity contribution in [1.82, 2.24) is 9.88 Å². The van der Waals surface area contributed by atoms with Gasteiger partial charge in [-0.3, -0.25) is 9.59 Å². The van der Waals surface area contributed by atoms with Gasteiger partial charge in [0.25, 0.3) is 0 Å². The minimum absolute atomic E-state index is 0.0168. The smallest absolute Gasteiger partial charge is 0.248 e. The zero-order valence-corrected chi connectivity index (χ0v) is 18.8. The van der Waals surface area contributed by atoms with Gasteiger partial charge in [0.1, 0.15) is 6.04 Å². The first-order valence-corrected chi connectivity index (χ1v) is 12.0. The maximum Gasteiger partial charge on any atom is 0.248 e. The van der Waals surface area contributed by atoms with E-state index in [0.717, 1.165) is 12.8 Å². The summed E-state index contributed by atoms with van der Waals surface area (Å²) in [5, 5.41) is 5.24. The molecular weight excluding hydrogens is 439 g/mol. The van der Waals surface area contributed by atoms with Gasteiger partial charge in [0.05, 0.1) is 17.3 Å². The van der Waals surface area contributed by atoms with Crippen LogP contribution in [0.15, 0.2) is 29.8 Å². The molecule has 0 bridgehead atoms. The lowest BCUT2D eigenvalue weighted by molar-refractivity contribution is -0.139. The second kappa shape index (κ2) is 9.96. The summed E-state index contributed by atoms with van der Waals surface area (Å²) in [6.45, 7) is 0.811. The van der Waals surface area contributed by atoms with Crippen molar-refractivity contribution in [1.29, 1.82) is 0 Å². The SMILES string of the molecule is O=C(Nc1nccs1)[C@H](CC1CCCCC1)N1CCN(c2cccc(Cl)c2F)CC1=O. The first kappa shape index (κ1) is 22.0. The first-order valence-electron chi connectivity index (χ1n) is 10.7. The van der Waals surface area contributed by atoms with Crippen molar-refractivity contribution in [3.63, 3.8) is 0 Å². The molecule has 1 aliphatic heterocycles. The van der Waals surface area contributed by atoms with Gasteiger partial charge in [-0.15, -0.1) is 11.3 Å². The number of anilines is 2. The molecule has 4 rings (SSSR count). The van der Waals surface area contributed by atoms with E-state index >= 15 is 0 Å². The van der Waals surface area contributed by atoms with E-state index in [-0.39, 0.29) is 23.4 Å². The highest BCUT2D eigenvalue weighted by molar-refractivity contribution is 7.13. The van der Waals surface area contributed by atoms with E-state index in [0.29, 0.717) is 36.2 Å². The number of benzene rings is 1. The minimum Gasteiger partial charge on any atom is -0.358 e. The summed E-state index contributed by atoms with van der Waals surface area (Å²) >= 11 is 7.27. The number of thiazole rings is 1. The molecule has 1 atom stereocenters. The highest BCUT2D eigenvalue weighted by Crippen LogP contribution is 2.31. The Morgan fingerprint density at radius 2 is 2.10 bits per heavy atom. The Bertz CT molecular complexity index is 920. The van der Waals surface area contributed by atoms with Crippen LogP contribution in [-0.4, -0.2) is 47.4 Å². The Labute approximate surface area is 190 Å². The molecule has 2 heterocycles. The van der Waals surface area contributed by atoms with Gasteiger partial charge in [0, 0.05) is 24.7 Å². The van der Waals surface area contributed by atoms with E-state index in [1.165, 1.54) is 36.7 Å². The van der Waals surface area contributed by atoms with Crippen molar-refractivity contribution in [3.8, 4) is 0 Å². The lowest BCUT2D eigenvalue weighted by atomic mass is 9.84. The molecule has 2 aliphatic rings. The number of carbonyl (C=O) groups excluding carboxylic acids is 2. The van der Waals surface area contributed by atoms with Gasteiger partial charge < -0.3 is 15.1 Å². The maximum absolute atomic E-state index is 14.4. The number of aromatic nitrogens is 1. The number of hydrogen-bond donors (Lipinski definition) is 1. The molecule has 0 radical (unpaired) electrons. The number of nitrogens with one attached hydrogen (secondary N) is 1. The van der Waals surface area contributed by atoms with E-state index in [4.69, 9.17) is 11.6 Å². The number of rotatable bonds is 6. The van der Waals surface area contributed by atoms with Crippen molar-refractivity contribution in [3.05, 3.63) is 40.6 Å². The minimum atomic E-state index is -0.550. The van der Waals surface area contributed by atoms with Crippen molar-refractivity contribution >= 4 is 45.6 Å². The molecule has 6 nitrogen and oxygen atoms in total. The van der Waals surface area contributed by atoms with Gasteiger partial charge in [-0.1, -0.05) is 49.8 Å². The molecule has 0 unspecified atom stereocenters. The van der Waals surface area contributed by atoms with Gasteiger partial charge in [-0.2, -0.15) is 0 Å². The topological polar surface area (TPSA) is 65.5 Å². The number of piperazine rings is 1. The largest absolute Gasteiger partial charge is 0.358 e. The second-order valence-corrected chi connectivity index (χ2v) is 9.47. The molecule has 31 heavy (non-hydrogen) atoms. The third-order valence-corrected chi connectivity index (χ3v) is 7.13. The highest BCUT2D eigenvalue weighted by Gasteiger charge is 2.36. The van der Waals surface area contributed by atoms with Crippen molar-refractivity contribution in [2.24, 2.45) is 5.92 Å². The van der Waals surface area contributed by atoms with Crippen LogP contribution in [0.25, 0.3) is 0 Å². The molecule has 1 N–H and O–H groups in total. The van der Waals surface area contributed by atoms with Crippen LogP contribution in [0.5, 0.6) is 0 Å². The van der Waals surface area contributed by atoms with Crippen molar-refractivity contribution < 1.29 is 14.0 Å². The first-order chi connectivity index (χ1) is 15.0. The lowest BCUT2D eigenvalue weighted by Gasteiger charge is -2.40. The zero-order valence-electron chi connectivity index (χ0n) is 17.2. The lowest BCUT2D eigenvalue weighted by Crippen LogP contribution is -2.57. The van der Waals surface area contributed by atoms with E-state index < -0.39 is 11.9 Å². The molecule has 1 saturated carbocycles. The van der Waals surface area contributed by atoms with Crippen LogP contribution in [-0.2, 0) is 9.59 Å². The van der Waals surface area contributed by atoms with E-state index in [1.807, 2.05) is 0 Å². The van der Waals surface area contributed by atoms with Crippen LogP contribution in [0.3, 0.4) is 0 Å². The average molecular weight is 465 g/mol. The summed E-state index contributed by atoms with van der Waals surface area (Å²) in [5.74, 6) is -0.473. The average Bonchev–Trinajstić information content (AvgIpc) is 3.28. The zero-order chi connectivity index (χ0) is 21.8. The molecule has 1 aliphatic carbocycles. The number of nitrogens with zero attached hydrogens (tertiary/aromatic N) is 3. The number of halogens is 2. The Hall–Kier alpha value is -2.19. The molecular formula is C22H26ClFN4O2S. The molecule has 1 aromatic heterocycles. The van der Waals surface area contributed by atoms with Gasteiger partial charge >= 0.3 is 0 Å². The summed E-state index contributed by atoms with van der Waals surface area (Å²) in [6.07, 6.45) is 8.03. The molecule has 0 spiro atoms. The summed E-state index contributed by atoms with van der Waals surface area (Å²) in [4.78, 5) is 33.7. The molecule has 2 amide bonds. The molecule has 2 fully saturated rings. The van der Waals surface area contributed by atoms with Crippen LogP contribution in [0.1, 0.15) is 38.5 Å². The number of amides is 2. The Morgan fingerprint density at radius 1 is 1.29 bits per heavy atom. The monoisotopic (exact) mass is 464 g/mol. The number of carbonyl (C=O) groups is 2. The fraction of sp³-hybridized carbons (Fsp3) is 0.500. The predicted octanol–water partition coefficient (Wildman–Crippen LogP) is 4.56. The van der Waals surface area contributed by atoms with Gasteiger partial charge in [-0.05, 0) is 24.5 Å². The third-order valence-electron chi connectivity index (χ3n) is 6.15. The van der Waals surface area contributed by atoms with E-state index in [9.17, 15) is 14.0 Å². The Kier molecular flexibility index (Phi) is 7.07. The Morgan fingerprint density at radius 3 is 2.81 bits per heavy atom. The summed E-state index contributed by atoms with van der Waals surface area (Å²) < 4.78 is 14.4. The van der Waals surface area contributed by atoms with Crippen LogP contribution in [0, 0.1) is 11.7 Å². The standard InChI is InChI=1S/C22H26ClFN4O2S/c23-16-7-4-8-17(20(16)24)27-10-11-28(19(29)14-27)18(13-15-5-2-1-3-6-15)21(30)26-22-25-9-12-31-22/h4,7-9,12,15,18H,1-3,5-6,10-11,13-14H2,(H,25,26,30)/t18-/m0/s1. The summed E-state index contributed by atoms with van der Waals surface area (Å²) in [6, 6.07) is 4.23. The number of hydrogen-bond acceptors (Lipinski definition) is 5. The highest BCUT2D eigenvalue weighted by atomic mass is 35.5. The molecule has 166 valence electrons. The summed E-state index contributed by atoms with van der Waals surface area (Å²) in [5.41, 5.74) is 0.316. The predicted molar refractivity (Wildman–Crippen MR) is 121 cm³/mol. The molecule has 1 saturated heterocycles. The maximum atomic E-state index is 14.4.